The number of piperidine rings is 1. The first-order valence-corrected chi connectivity index (χ1v) is 3.31. The summed E-state index contributed by atoms with van der Waals surface area (Å²) in [5.74, 6) is 0. The molecule has 2 unspecified atom stereocenters. The normalized spacial score (nSPS) is 67.1. The summed E-state index contributed by atoms with van der Waals surface area (Å²) >= 11 is 0. The molecule has 2 aliphatic heterocycles. The van der Waals surface area contributed by atoms with Crippen molar-refractivity contribution in [1.29, 1.82) is 0 Å². The molecule has 0 aromatic heterocycles. The summed E-state index contributed by atoms with van der Waals surface area (Å²) in [5, 5.41) is 3.51. The van der Waals surface area contributed by atoms with Gasteiger partial charge in [0.25, 0.3) is 0 Å². The van der Waals surface area contributed by atoms with Crippen LogP contribution in [0.4, 0.5) is 0 Å². The fourth-order valence-electron chi connectivity index (χ4n) is 2.25. The molecule has 0 aromatic rings. The van der Waals surface area contributed by atoms with Crippen LogP contribution >= 0.6 is 0 Å². The average Bonchev–Trinajstić information content (AvgIpc) is 2.51. The van der Waals surface area contributed by atoms with Gasteiger partial charge >= 0.3 is 0 Å². The Morgan fingerprint density at radius 3 is 2.88 bits per heavy atom. The molecule has 3 fully saturated rings. The largest absolute Gasteiger partial charge is 0.302 e. The molecule has 0 aromatic carbocycles. The minimum absolute atomic E-state index is 0.675. The maximum absolute atomic E-state index is 3.51. The van der Waals surface area contributed by atoms with E-state index in [0.717, 1.165) is 12.1 Å². The van der Waals surface area contributed by atoms with Gasteiger partial charge in [0.1, 0.15) is 0 Å². The summed E-state index contributed by atoms with van der Waals surface area (Å²) in [7, 11) is 2.23. The van der Waals surface area contributed by atoms with E-state index in [0.29, 0.717) is 5.54 Å². The van der Waals surface area contributed by atoms with Crippen molar-refractivity contribution in [3.63, 3.8) is 0 Å². The lowest BCUT2D eigenvalue weighted by Crippen LogP contribution is -2.24. The van der Waals surface area contributed by atoms with Gasteiger partial charge in [0, 0.05) is 18.6 Å². The van der Waals surface area contributed by atoms with E-state index in [1.54, 1.807) is 0 Å². The third kappa shape index (κ3) is 0.213. The van der Waals surface area contributed by atoms with E-state index in [1.165, 1.54) is 13.0 Å². The van der Waals surface area contributed by atoms with Gasteiger partial charge in [0.2, 0.25) is 0 Å². The summed E-state index contributed by atoms with van der Waals surface area (Å²) in [4.78, 5) is 2.47. The first kappa shape index (κ1) is 3.85. The number of likely N-dealkylation sites (N-methyl/N-ethyl adjacent to an activating group) is 1. The Morgan fingerprint density at radius 2 is 2.62 bits per heavy atom. The van der Waals surface area contributed by atoms with Crippen LogP contribution in [-0.2, 0) is 0 Å². The van der Waals surface area contributed by atoms with Crippen molar-refractivity contribution in [2.45, 2.75) is 24.0 Å². The second-order valence-corrected chi connectivity index (χ2v) is 3.40. The molecule has 1 N–H and O–H groups in total. The third-order valence-corrected chi connectivity index (χ3v) is 2.95. The smallest absolute Gasteiger partial charge is 0.0524 e. The number of piperazine rings is 1. The van der Waals surface area contributed by atoms with Crippen LogP contribution in [0.1, 0.15) is 6.42 Å². The summed E-state index contributed by atoms with van der Waals surface area (Å²) in [6, 6.07) is 1.81. The van der Waals surface area contributed by atoms with E-state index in [2.05, 4.69) is 17.3 Å². The average molecular weight is 110 g/mol. The zero-order chi connectivity index (χ0) is 5.35. The van der Waals surface area contributed by atoms with E-state index < -0.39 is 0 Å². The van der Waals surface area contributed by atoms with Crippen molar-refractivity contribution < 1.29 is 0 Å². The van der Waals surface area contributed by atoms with Crippen molar-refractivity contribution in [3.05, 3.63) is 0 Å². The second kappa shape index (κ2) is 0.755. The van der Waals surface area contributed by atoms with Crippen molar-refractivity contribution >= 4 is 0 Å². The SMILES string of the molecule is CN1CC2NC23C[C@@H]13. The van der Waals surface area contributed by atoms with Crippen LogP contribution in [0.3, 0.4) is 0 Å². The van der Waals surface area contributed by atoms with Crippen molar-refractivity contribution in [2.75, 3.05) is 13.6 Å². The molecule has 0 radical (unpaired) electrons. The molecular formula is C6H10N2. The van der Waals surface area contributed by atoms with Gasteiger partial charge in [-0.3, -0.25) is 4.90 Å². The van der Waals surface area contributed by atoms with Gasteiger partial charge in [-0.05, 0) is 13.5 Å². The standard InChI is InChI=1S/C6H10N2/c1-8-3-4-6(7-4)2-5(6)8/h4-5,7H,2-3H2,1H3/t4?,5-,6?/m1/s1. The van der Waals surface area contributed by atoms with Gasteiger partial charge in [-0.25, -0.2) is 0 Å². The maximum Gasteiger partial charge on any atom is 0.0524 e. The van der Waals surface area contributed by atoms with Crippen LogP contribution in [0.5, 0.6) is 0 Å². The number of hydrogen-bond acceptors (Lipinski definition) is 2. The summed E-state index contributed by atoms with van der Waals surface area (Å²) in [6.07, 6.45) is 1.42. The Labute approximate surface area is 48.9 Å². The predicted octanol–water partition coefficient (Wildman–Crippen LogP) is -0.585. The molecule has 2 nitrogen and oxygen atoms in total. The van der Waals surface area contributed by atoms with Crippen LogP contribution in [0.25, 0.3) is 0 Å². The van der Waals surface area contributed by atoms with Crippen LogP contribution in [0, 0.1) is 0 Å². The molecule has 2 heteroatoms. The summed E-state index contributed by atoms with van der Waals surface area (Å²) < 4.78 is 0. The van der Waals surface area contributed by atoms with Gasteiger partial charge in [-0.2, -0.15) is 0 Å². The molecule has 8 heavy (non-hydrogen) atoms. The highest BCUT2D eigenvalue weighted by Crippen LogP contribution is 2.57. The number of hydrogen-bond donors (Lipinski definition) is 1. The van der Waals surface area contributed by atoms with Crippen LogP contribution < -0.4 is 5.32 Å². The van der Waals surface area contributed by atoms with E-state index in [4.69, 9.17) is 0 Å². The molecule has 2 saturated heterocycles. The van der Waals surface area contributed by atoms with Gasteiger partial charge < -0.3 is 5.32 Å². The molecule has 3 aliphatic rings. The second-order valence-electron chi connectivity index (χ2n) is 3.40. The van der Waals surface area contributed by atoms with Crippen LogP contribution in [0.15, 0.2) is 0 Å². The summed E-state index contributed by atoms with van der Waals surface area (Å²) in [6.45, 7) is 1.30. The molecule has 1 aliphatic carbocycles. The van der Waals surface area contributed by atoms with E-state index in [9.17, 15) is 0 Å². The Morgan fingerprint density at radius 1 is 1.75 bits per heavy atom. The number of nitrogens with one attached hydrogen (secondary N) is 1. The highest BCUT2D eigenvalue weighted by atomic mass is 15.4. The number of rotatable bonds is 0. The van der Waals surface area contributed by atoms with Crippen molar-refractivity contribution in [2.24, 2.45) is 0 Å². The quantitative estimate of drug-likeness (QED) is 0.422. The summed E-state index contributed by atoms with van der Waals surface area (Å²) in [5.41, 5.74) is 0.675. The van der Waals surface area contributed by atoms with Crippen LogP contribution in [-0.4, -0.2) is 36.1 Å². The van der Waals surface area contributed by atoms with Gasteiger partial charge in [0.15, 0.2) is 0 Å². The number of likely N-dealkylation sites (tertiary alicyclic amines) is 1. The lowest BCUT2D eigenvalue weighted by atomic mass is 10.3. The van der Waals surface area contributed by atoms with E-state index in [1.807, 2.05) is 0 Å². The molecule has 1 spiro atoms. The molecular weight excluding hydrogens is 100 g/mol. The van der Waals surface area contributed by atoms with Gasteiger partial charge in [0.05, 0.1) is 5.54 Å². The monoisotopic (exact) mass is 110 g/mol. The minimum atomic E-state index is 0.675. The fourth-order valence-corrected chi connectivity index (χ4v) is 2.25. The Bertz CT molecular complexity index is 157. The lowest BCUT2D eigenvalue weighted by molar-refractivity contribution is 0.347. The molecule has 3 rings (SSSR count). The zero-order valence-electron chi connectivity index (χ0n) is 5.02. The molecule has 0 amide bonds. The Balaban J connectivity index is 2.02. The molecule has 1 saturated carbocycles. The third-order valence-electron chi connectivity index (χ3n) is 2.95. The zero-order valence-corrected chi connectivity index (χ0v) is 5.02. The number of nitrogens with zero attached hydrogens (tertiary/aromatic N) is 1. The molecule has 2 heterocycles. The van der Waals surface area contributed by atoms with E-state index >= 15 is 0 Å². The Hall–Kier alpha value is -0.0800. The van der Waals surface area contributed by atoms with E-state index in [-0.39, 0.29) is 0 Å². The van der Waals surface area contributed by atoms with Crippen molar-refractivity contribution in [1.82, 2.24) is 10.2 Å². The molecule has 44 valence electrons. The highest BCUT2D eigenvalue weighted by Gasteiger charge is 2.76. The fraction of sp³-hybridized carbons (Fsp3) is 1.00. The minimum Gasteiger partial charge on any atom is -0.302 e. The first-order valence-electron chi connectivity index (χ1n) is 3.31. The topological polar surface area (TPSA) is 25.2 Å². The maximum atomic E-state index is 3.51. The molecule has 3 atom stereocenters. The highest BCUT2D eigenvalue weighted by molar-refractivity contribution is 5.38. The lowest BCUT2D eigenvalue weighted by Gasteiger charge is -2.09. The first-order chi connectivity index (χ1) is 3.83. The van der Waals surface area contributed by atoms with Crippen LogP contribution in [0.2, 0.25) is 0 Å². The predicted molar refractivity (Wildman–Crippen MR) is 30.7 cm³/mol. The Kier molecular flexibility index (Phi) is 0.364. The molecule has 0 bridgehead atoms. The van der Waals surface area contributed by atoms with Gasteiger partial charge in [-0.15, -0.1) is 0 Å². The van der Waals surface area contributed by atoms with Gasteiger partial charge in [-0.1, -0.05) is 0 Å². The van der Waals surface area contributed by atoms with Crippen molar-refractivity contribution in [3.8, 4) is 0 Å².